The fourth-order valence-electron chi connectivity index (χ4n) is 12.8. The molecule has 0 bridgehead atoms. The van der Waals surface area contributed by atoms with Crippen LogP contribution < -0.4 is 10.7 Å². The molecule has 1 amide bonds. The van der Waals surface area contributed by atoms with Gasteiger partial charge in [0, 0.05) is 78.4 Å². The molecule has 1 aliphatic carbocycles. The lowest BCUT2D eigenvalue weighted by Crippen LogP contribution is -2.55. The van der Waals surface area contributed by atoms with Crippen molar-refractivity contribution in [1.82, 2.24) is 40.0 Å². The molecule has 3 aromatic heterocycles. The average Bonchev–Trinajstić information content (AvgIpc) is 1.86. The van der Waals surface area contributed by atoms with Crippen molar-refractivity contribution in [2.75, 3.05) is 25.1 Å². The van der Waals surface area contributed by atoms with Gasteiger partial charge in [-0.1, -0.05) is 179 Å². The van der Waals surface area contributed by atoms with Gasteiger partial charge >= 0.3 is 0 Å². The Hall–Kier alpha value is -5.97. The highest BCUT2D eigenvalue weighted by Gasteiger charge is 2.32. The van der Waals surface area contributed by atoms with E-state index in [-0.39, 0.29) is 35.2 Å². The van der Waals surface area contributed by atoms with Gasteiger partial charge in [0.25, 0.3) is 0 Å². The molecule has 9 nitrogen and oxygen atoms in total. The van der Waals surface area contributed by atoms with E-state index in [2.05, 4.69) is 182 Å². The number of allylic oxidation sites excluding steroid dienone is 1. The van der Waals surface area contributed by atoms with Gasteiger partial charge in [-0.2, -0.15) is 15.6 Å². The zero-order chi connectivity index (χ0) is 62.7. The topological polar surface area (TPSA) is 83.2 Å². The number of nitrogens with one attached hydrogen (secondary N) is 2. The molecule has 6 aromatic rings. The Kier molecular flexibility index (Phi) is 26.8. The summed E-state index contributed by atoms with van der Waals surface area (Å²) in [5, 5.41) is 11.8. The molecule has 0 radical (unpaired) electrons. The SMILES string of the molecule is C=CN(C)C(C(=O)NC(Cc1cc(C)cc(-c2ccc3c(c2)c(CC(C)(C)CCC(=C)C)c(-c2cc(-c4cnn(CC5CCS(=C)CC5)c4)cnc2C(C)CC)n3CC)c1)C(=C)N1CCCC(C)N1)C(C)C.CC.CC1CCCC1.c1ccccc1. The van der Waals surface area contributed by atoms with E-state index in [0.717, 1.165) is 97.7 Å². The summed E-state index contributed by atoms with van der Waals surface area (Å²) < 4.78 is 4.72. The Bertz CT molecular complexity index is 3100. The van der Waals surface area contributed by atoms with Crippen LogP contribution in [0.15, 0.2) is 135 Å². The van der Waals surface area contributed by atoms with Crippen molar-refractivity contribution in [3.8, 4) is 33.5 Å². The summed E-state index contributed by atoms with van der Waals surface area (Å²) in [7, 11) is 2.25. The molecule has 5 heterocycles. The van der Waals surface area contributed by atoms with Gasteiger partial charge in [0.2, 0.25) is 5.91 Å². The molecule has 86 heavy (non-hydrogen) atoms. The molecule has 0 spiro atoms. The molecule has 2 N–H and O–H groups in total. The Morgan fingerprint density at radius 2 is 1.56 bits per heavy atom. The molecular formula is C76H112N8OS. The summed E-state index contributed by atoms with van der Waals surface area (Å²) in [5.41, 5.74) is 18.9. The van der Waals surface area contributed by atoms with E-state index in [1.54, 1.807) is 6.20 Å². The van der Waals surface area contributed by atoms with E-state index in [9.17, 15) is 4.79 Å². The predicted molar refractivity (Wildman–Crippen MR) is 375 cm³/mol. The monoisotopic (exact) mass is 1180 g/mol. The highest BCUT2D eigenvalue weighted by molar-refractivity contribution is 8.14. The summed E-state index contributed by atoms with van der Waals surface area (Å²) in [4.78, 5) is 21.5. The van der Waals surface area contributed by atoms with Crippen LogP contribution in [0.2, 0.25) is 0 Å². The van der Waals surface area contributed by atoms with Crippen LogP contribution >= 0.6 is 10.5 Å². The van der Waals surface area contributed by atoms with Crippen molar-refractivity contribution in [2.45, 2.75) is 211 Å². The predicted octanol–water partition coefficient (Wildman–Crippen LogP) is 18.7. The van der Waals surface area contributed by atoms with Crippen molar-refractivity contribution in [1.29, 1.82) is 0 Å². The van der Waals surface area contributed by atoms with Gasteiger partial charge in [0.1, 0.15) is 6.04 Å². The molecule has 1 saturated carbocycles. The third-order valence-electron chi connectivity index (χ3n) is 18.0. The summed E-state index contributed by atoms with van der Waals surface area (Å²) in [6, 6.07) is 28.1. The number of aromatic nitrogens is 4. The van der Waals surface area contributed by atoms with Gasteiger partial charge in [0.05, 0.1) is 23.6 Å². The molecule has 10 heteroatoms. The zero-order valence-corrected chi connectivity index (χ0v) is 56.7. The second-order valence-electron chi connectivity index (χ2n) is 26.4. The van der Waals surface area contributed by atoms with E-state index in [0.29, 0.717) is 28.9 Å². The summed E-state index contributed by atoms with van der Waals surface area (Å²) >= 11 is 0. The molecule has 4 unspecified atom stereocenters. The fourth-order valence-corrected chi connectivity index (χ4v) is 14.3. The maximum absolute atomic E-state index is 14.2. The number of fused-ring (bicyclic) bond motifs is 1. The van der Waals surface area contributed by atoms with Gasteiger partial charge < -0.3 is 19.8 Å². The maximum Gasteiger partial charge on any atom is 0.243 e. The van der Waals surface area contributed by atoms with E-state index in [4.69, 9.17) is 10.1 Å². The Morgan fingerprint density at radius 1 is 0.884 bits per heavy atom. The minimum Gasteiger partial charge on any atom is -0.369 e. The number of hydrogen-bond acceptors (Lipinski definition) is 6. The number of hydrazine groups is 1. The van der Waals surface area contributed by atoms with Crippen molar-refractivity contribution in [3.05, 3.63) is 157 Å². The highest BCUT2D eigenvalue weighted by Crippen LogP contribution is 2.44. The van der Waals surface area contributed by atoms with Crippen molar-refractivity contribution >= 4 is 33.2 Å². The summed E-state index contributed by atoms with van der Waals surface area (Å²) in [6.07, 6.45) is 23.2. The maximum atomic E-state index is 14.2. The number of likely N-dealkylation sites (N-methyl/N-ethyl adjacent to an activating group) is 1. The smallest absolute Gasteiger partial charge is 0.243 e. The molecule has 2 saturated heterocycles. The minimum atomic E-state index is -0.358. The normalized spacial score (nSPS) is 18.1. The van der Waals surface area contributed by atoms with Crippen LogP contribution in [0.3, 0.4) is 0 Å². The van der Waals surface area contributed by atoms with Crippen molar-refractivity contribution in [3.63, 3.8) is 0 Å². The van der Waals surface area contributed by atoms with Crippen LogP contribution in [0.5, 0.6) is 0 Å². The molecule has 3 fully saturated rings. The first-order valence-corrected chi connectivity index (χ1v) is 34.7. The zero-order valence-electron chi connectivity index (χ0n) is 55.9. The van der Waals surface area contributed by atoms with Crippen LogP contribution in [0.1, 0.15) is 182 Å². The number of carbonyl (C=O) groups excluding carboxylic acids is 1. The molecule has 3 aliphatic rings. The fraction of sp³-hybridized carbons (Fsp3) is 0.526. The lowest BCUT2D eigenvalue weighted by molar-refractivity contribution is -0.127. The van der Waals surface area contributed by atoms with E-state index in [1.807, 2.05) is 68.4 Å². The Balaban J connectivity index is 0.000000745. The largest absolute Gasteiger partial charge is 0.369 e. The van der Waals surface area contributed by atoms with E-state index < -0.39 is 0 Å². The van der Waals surface area contributed by atoms with E-state index in [1.165, 1.54) is 94.5 Å². The third-order valence-corrected chi connectivity index (χ3v) is 19.6. The van der Waals surface area contributed by atoms with Crippen LogP contribution in [0.4, 0.5) is 0 Å². The van der Waals surface area contributed by atoms with Crippen LogP contribution in [0, 0.1) is 30.1 Å². The number of aryl methyl sites for hydroxylation is 2. The van der Waals surface area contributed by atoms with Gasteiger partial charge in [-0.3, -0.25) is 14.5 Å². The van der Waals surface area contributed by atoms with Crippen molar-refractivity contribution in [2.24, 2.45) is 23.2 Å². The average molecular weight is 1190 g/mol. The van der Waals surface area contributed by atoms with Gasteiger partial charge in [-0.05, 0) is 173 Å². The number of pyridine rings is 1. The molecule has 3 aromatic carbocycles. The first-order chi connectivity index (χ1) is 41.2. The Labute approximate surface area is 524 Å². The summed E-state index contributed by atoms with van der Waals surface area (Å²) in [6.45, 7) is 44.4. The van der Waals surface area contributed by atoms with Crippen LogP contribution in [0.25, 0.3) is 44.4 Å². The van der Waals surface area contributed by atoms with E-state index >= 15 is 0 Å². The lowest BCUT2D eigenvalue weighted by atomic mass is 9.79. The first kappa shape index (κ1) is 69.1. The second-order valence-corrected chi connectivity index (χ2v) is 28.4. The first-order valence-electron chi connectivity index (χ1n) is 33.0. The highest BCUT2D eigenvalue weighted by atomic mass is 32.2. The lowest BCUT2D eigenvalue weighted by Gasteiger charge is -2.39. The van der Waals surface area contributed by atoms with Crippen LogP contribution in [-0.2, 0) is 30.7 Å². The van der Waals surface area contributed by atoms with Crippen molar-refractivity contribution < 1.29 is 4.79 Å². The van der Waals surface area contributed by atoms with Gasteiger partial charge in [0.15, 0.2) is 0 Å². The molecule has 2 aliphatic heterocycles. The number of nitrogens with zero attached hydrogens (tertiary/aromatic N) is 6. The molecule has 468 valence electrons. The summed E-state index contributed by atoms with van der Waals surface area (Å²) in [5.74, 6) is 8.86. The number of carbonyl (C=O) groups is 1. The van der Waals surface area contributed by atoms with Gasteiger partial charge in [-0.15, -0.1) is 6.58 Å². The quantitative estimate of drug-likeness (QED) is 0.0521. The molecule has 9 rings (SSSR count). The van der Waals surface area contributed by atoms with Crippen LogP contribution in [-0.4, -0.2) is 84.2 Å². The third kappa shape index (κ3) is 19.3. The van der Waals surface area contributed by atoms with Gasteiger partial charge in [-0.25, -0.2) is 5.43 Å². The second kappa shape index (κ2) is 33.4. The molecular weight excluding hydrogens is 1070 g/mol. The number of amides is 1. The standard InChI is InChI=1S/C62H88N8OS.C6H12.C6H6.C2H6/c1-16-44(9)58-54(35-51(37-63-58)52-38-64-68(40-52)39-47-24-28-72(15)29-25-47)60-55(36-62(12,13)26-23-41(4)5)53-34-49(21-22-57(53)69(60)18-3)50-31-43(8)30-48(32-50)33-56(46(11)70-27-19-20-45(10)66-70)65-61(71)59(42(6)7)67(14)17-2;1-6-4-2-3-5-6;1-2-4-6-5-3-1;1-2/h17,21-22,30-32,34-35,37-38,40,42,44-45,47,56,59,66H,2,4,11,15-16,18-20,23-29,33,36,39H2,1,3,5-10,12-14H3,(H,65,71);6H,2-5H2,1H3;1-6H;1-2H3. The number of benzene rings is 3. The number of rotatable bonds is 22. The minimum absolute atomic E-state index is 0.00115. The molecule has 4 atom stereocenters. The Morgan fingerprint density at radius 3 is 2.14 bits per heavy atom. The number of hydrogen-bond donors (Lipinski definition) is 2.